The highest BCUT2D eigenvalue weighted by Gasteiger charge is 2.21. The molecule has 0 spiro atoms. The van der Waals surface area contributed by atoms with Gasteiger partial charge in [0, 0.05) is 42.1 Å². The van der Waals surface area contributed by atoms with Crippen LogP contribution in [0.4, 0.5) is 11.4 Å². The minimum Gasteiger partial charge on any atom is -0.381 e. The Morgan fingerprint density at radius 1 is 1.29 bits per heavy atom. The molecule has 1 fully saturated rings. The molecule has 1 aromatic heterocycles. The highest BCUT2D eigenvalue weighted by Crippen LogP contribution is 2.23. The molecule has 0 atom stereocenters. The van der Waals surface area contributed by atoms with Crippen molar-refractivity contribution >= 4 is 17.3 Å². The maximum atomic E-state index is 11.7. The summed E-state index contributed by atoms with van der Waals surface area (Å²) in [7, 11) is 0. The van der Waals surface area contributed by atoms with Crippen LogP contribution in [0.2, 0.25) is 0 Å². The number of nitrogens with zero attached hydrogens (tertiary/aromatic N) is 2. The van der Waals surface area contributed by atoms with E-state index in [4.69, 9.17) is 0 Å². The zero-order valence-electron chi connectivity index (χ0n) is 12.4. The minimum absolute atomic E-state index is 0.223. The molecule has 1 saturated heterocycles. The van der Waals surface area contributed by atoms with Gasteiger partial charge in [0.15, 0.2) is 0 Å². The van der Waals surface area contributed by atoms with Gasteiger partial charge in [0.25, 0.3) is 0 Å². The molecule has 21 heavy (non-hydrogen) atoms. The molecule has 2 aromatic rings. The molecule has 0 aliphatic carbocycles. The number of rotatable bonds is 4. The van der Waals surface area contributed by atoms with E-state index in [0.29, 0.717) is 6.42 Å². The number of aryl methyl sites for hydroxylation is 2. The number of anilines is 2. The Hall–Kier alpha value is -2.30. The summed E-state index contributed by atoms with van der Waals surface area (Å²) in [6.45, 7) is 5.61. The molecule has 0 bridgehead atoms. The van der Waals surface area contributed by atoms with Crippen molar-refractivity contribution in [1.82, 2.24) is 10.2 Å². The summed E-state index contributed by atoms with van der Waals surface area (Å²) in [5, 5.41) is 10.6. The van der Waals surface area contributed by atoms with E-state index in [2.05, 4.69) is 15.5 Å². The van der Waals surface area contributed by atoms with Crippen LogP contribution < -0.4 is 10.2 Å². The third-order valence-corrected chi connectivity index (χ3v) is 4.00. The first-order valence-electron chi connectivity index (χ1n) is 7.30. The second kappa shape index (κ2) is 5.60. The van der Waals surface area contributed by atoms with Crippen molar-refractivity contribution in [3.8, 4) is 0 Å². The van der Waals surface area contributed by atoms with E-state index < -0.39 is 0 Å². The number of hydrogen-bond acceptors (Lipinski definition) is 3. The van der Waals surface area contributed by atoms with Crippen LogP contribution in [0.5, 0.6) is 0 Å². The molecule has 1 aliphatic heterocycles. The lowest BCUT2D eigenvalue weighted by atomic mass is 10.2. The summed E-state index contributed by atoms with van der Waals surface area (Å²) >= 11 is 0. The Bertz CT molecular complexity index is 625. The maximum absolute atomic E-state index is 11.7. The minimum atomic E-state index is 0.223. The molecule has 110 valence electrons. The summed E-state index contributed by atoms with van der Waals surface area (Å²) in [5.41, 5.74) is 5.36. The van der Waals surface area contributed by atoms with Crippen LogP contribution in [0.1, 0.15) is 29.8 Å². The van der Waals surface area contributed by atoms with Crippen LogP contribution >= 0.6 is 0 Å². The molecule has 2 heterocycles. The van der Waals surface area contributed by atoms with E-state index in [-0.39, 0.29) is 5.91 Å². The quantitative estimate of drug-likeness (QED) is 0.907. The molecule has 1 aromatic carbocycles. The maximum Gasteiger partial charge on any atom is 0.227 e. The first-order chi connectivity index (χ1) is 10.1. The second-order valence-corrected chi connectivity index (χ2v) is 5.46. The molecule has 1 aliphatic rings. The number of carbonyl (C=O) groups excluding carboxylic acids is 1. The molecule has 3 rings (SSSR count). The van der Waals surface area contributed by atoms with Gasteiger partial charge in [-0.1, -0.05) is 0 Å². The molecule has 0 radical (unpaired) electrons. The van der Waals surface area contributed by atoms with Gasteiger partial charge in [0.1, 0.15) is 0 Å². The number of nitrogens with one attached hydrogen (secondary N) is 2. The van der Waals surface area contributed by atoms with Crippen molar-refractivity contribution in [1.29, 1.82) is 0 Å². The summed E-state index contributed by atoms with van der Waals surface area (Å²) < 4.78 is 0. The Morgan fingerprint density at radius 2 is 2.05 bits per heavy atom. The molecule has 0 unspecified atom stereocenters. The van der Waals surface area contributed by atoms with Crippen molar-refractivity contribution in [2.45, 2.75) is 33.2 Å². The Kier molecular flexibility index (Phi) is 3.64. The topological polar surface area (TPSA) is 61.0 Å². The first-order valence-corrected chi connectivity index (χ1v) is 7.30. The van der Waals surface area contributed by atoms with Crippen molar-refractivity contribution in [2.75, 3.05) is 16.8 Å². The van der Waals surface area contributed by atoms with Crippen LogP contribution in [0.25, 0.3) is 0 Å². The zero-order valence-corrected chi connectivity index (χ0v) is 12.4. The van der Waals surface area contributed by atoms with Gasteiger partial charge in [-0.05, 0) is 44.5 Å². The van der Waals surface area contributed by atoms with E-state index in [1.165, 1.54) is 5.56 Å². The average molecular weight is 284 g/mol. The van der Waals surface area contributed by atoms with Gasteiger partial charge in [-0.15, -0.1) is 0 Å². The van der Waals surface area contributed by atoms with Gasteiger partial charge in [-0.25, -0.2) is 0 Å². The number of carbonyl (C=O) groups is 1. The fourth-order valence-corrected chi connectivity index (χ4v) is 2.71. The lowest BCUT2D eigenvalue weighted by molar-refractivity contribution is -0.117. The molecular formula is C16H20N4O. The summed E-state index contributed by atoms with van der Waals surface area (Å²) in [4.78, 5) is 13.6. The highest BCUT2D eigenvalue weighted by molar-refractivity contribution is 5.95. The predicted molar refractivity (Wildman–Crippen MR) is 83.4 cm³/mol. The number of benzene rings is 1. The van der Waals surface area contributed by atoms with Crippen molar-refractivity contribution in [2.24, 2.45) is 0 Å². The van der Waals surface area contributed by atoms with Gasteiger partial charge < -0.3 is 10.2 Å². The van der Waals surface area contributed by atoms with Gasteiger partial charge in [-0.2, -0.15) is 5.10 Å². The van der Waals surface area contributed by atoms with Crippen LogP contribution in [-0.2, 0) is 11.3 Å². The van der Waals surface area contributed by atoms with Crippen molar-refractivity contribution in [3.05, 3.63) is 41.2 Å². The van der Waals surface area contributed by atoms with Crippen molar-refractivity contribution in [3.63, 3.8) is 0 Å². The summed E-state index contributed by atoms with van der Waals surface area (Å²) in [6, 6.07) is 8.04. The van der Waals surface area contributed by atoms with E-state index in [1.54, 1.807) is 0 Å². The average Bonchev–Trinajstić information content (AvgIpc) is 3.04. The Labute approximate surface area is 124 Å². The smallest absolute Gasteiger partial charge is 0.227 e. The molecule has 1 amide bonds. The molecular weight excluding hydrogens is 264 g/mol. The molecule has 2 N–H and O–H groups in total. The molecule has 0 saturated carbocycles. The van der Waals surface area contributed by atoms with Gasteiger partial charge in [0.2, 0.25) is 5.91 Å². The predicted octanol–water partition coefficient (Wildman–Crippen LogP) is 2.77. The number of H-pyrrole nitrogens is 1. The highest BCUT2D eigenvalue weighted by atomic mass is 16.2. The van der Waals surface area contributed by atoms with Crippen LogP contribution in [0.3, 0.4) is 0 Å². The van der Waals surface area contributed by atoms with E-state index in [9.17, 15) is 4.79 Å². The van der Waals surface area contributed by atoms with Gasteiger partial charge in [0.05, 0.1) is 5.69 Å². The molecule has 5 heteroatoms. The monoisotopic (exact) mass is 284 g/mol. The standard InChI is InChI=1S/C16H20N4O/c1-11-15(12(2)19-18-11)10-17-13-5-7-14(8-6-13)20-9-3-4-16(20)21/h5-8,17H,3-4,9-10H2,1-2H3,(H,18,19). The lowest BCUT2D eigenvalue weighted by Gasteiger charge is -2.16. The number of hydrogen-bond donors (Lipinski definition) is 2. The first kappa shape index (κ1) is 13.7. The van der Waals surface area contributed by atoms with Gasteiger partial charge >= 0.3 is 0 Å². The molecule has 5 nitrogen and oxygen atoms in total. The largest absolute Gasteiger partial charge is 0.381 e. The van der Waals surface area contributed by atoms with E-state index in [0.717, 1.165) is 42.3 Å². The second-order valence-electron chi connectivity index (χ2n) is 5.46. The van der Waals surface area contributed by atoms with Crippen molar-refractivity contribution < 1.29 is 4.79 Å². The fourth-order valence-electron chi connectivity index (χ4n) is 2.71. The van der Waals surface area contributed by atoms with Crippen LogP contribution in [0, 0.1) is 13.8 Å². The normalized spacial score (nSPS) is 14.8. The number of aromatic amines is 1. The Morgan fingerprint density at radius 3 is 2.62 bits per heavy atom. The third kappa shape index (κ3) is 2.77. The third-order valence-electron chi connectivity index (χ3n) is 4.00. The van der Waals surface area contributed by atoms with E-state index in [1.807, 2.05) is 43.0 Å². The van der Waals surface area contributed by atoms with Crippen LogP contribution in [-0.4, -0.2) is 22.6 Å². The van der Waals surface area contributed by atoms with Crippen LogP contribution in [0.15, 0.2) is 24.3 Å². The summed E-state index contributed by atoms with van der Waals surface area (Å²) in [6.07, 6.45) is 1.62. The Balaban J connectivity index is 1.66. The lowest BCUT2D eigenvalue weighted by Crippen LogP contribution is -2.23. The number of amides is 1. The zero-order chi connectivity index (χ0) is 14.8. The van der Waals surface area contributed by atoms with Gasteiger partial charge in [-0.3, -0.25) is 9.89 Å². The fraction of sp³-hybridized carbons (Fsp3) is 0.375. The SMILES string of the molecule is Cc1n[nH]c(C)c1CNc1ccc(N2CCCC2=O)cc1. The number of aromatic nitrogens is 2. The van der Waals surface area contributed by atoms with E-state index >= 15 is 0 Å². The summed E-state index contributed by atoms with van der Waals surface area (Å²) in [5.74, 6) is 0.223.